The second-order valence-electron chi connectivity index (χ2n) is 6.69. The van der Waals surface area contributed by atoms with E-state index in [-0.39, 0.29) is 12.3 Å². The number of imide groups is 1. The molecular formula is C19H17ClN2O5S. The number of nitrogens with zero attached hydrogens (tertiary/aromatic N) is 1. The molecule has 146 valence electrons. The number of thiophene rings is 1. The van der Waals surface area contributed by atoms with Gasteiger partial charge in [-0.2, -0.15) is 0 Å². The highest BCUT2D eigenvalue weighted by Crippen LogP contribution is 2.36. The highest BCUT2D eigenvalue weighted by atomic mass is 35.5. The van der Waals surface area contributed by atoms with E-state index in [1.165, 1.54) is 0 Å². The van der Waals surface area contributed by atoms with Crippen molar-refractivity contribution < 1.29 is 23.9 Å². The Morgan fingerprint density at radius 1 is 1.21 bits per heavy atom. The molecule has 1 unspecified atom stereocenters. The Kier molecular flexibility index (Phi) is 4.76. The average molecular weight is 421 g/mol. The number of urea groups is 1. The van der Waals surface area contributed by atoms with Crippen LogP contribution < -0.4 is 14.8 Å². The van der Waals surface area contributed by atoms with Crippen molar-refractivity contribution >= 4 is 40.7 Å². The lowest BCUT2D eigenvalue weighted by Crippen LogP contribution is -2.41. The number of carbonyl (C=O) groups is 3. The zero-order chi connectivity index (χ0) is 19.9. The number of hydrogen-bond donors (Lipinski definition) is 1. The molecule has 2 aliphatic heterocycles. The largest absolute Gasteiger partial charge is 0.490 e. The van der Waals surface area contributed by atoms with Crippen LogP contribution in [0.3, 0.4) is 0 Å². The molecule has 2 aromatic rings. The molecule has 3 heterocycles. The topological polar surface area (TPSA) is 84.9 Å². The molecule has 3 amide bonds. The Morgan fingerprint density at radius 2 is 1.96 bits per heavy atom. The normalized spacial score (nSPS) is 21.4. The van der Waals surface area contributed by atoms with E-state index >= 15 is 0 Å². The molecule has 1 aromatic carbocycles. The molecule has 0 radical (unpaired) electrons. The summed E-state index contributed by atoms with van der Waals surface area (Å²) in [5.41, 5.74) is -0.737. The number of benzene rings is 1. The number of halogens is 1. The highest BCUT2D eigenvalue weighted by molar-refractivity contribution is 7.18. The van der Waals surface area contributed by atoms with E-state index in [9.17, 15) is 14.4 Å². The first-order chi connectivity index (χ1) is 13.4. The quantitative estimate of drug-likeness (QED) is 0.606. The fraction of sp³-hybridized carbons (Fsp3) is 0.316. The van der Waals surface area contributed by atoms with E-state index in [0.717, 1.165) is 22.7 Å². The van der Waals surface area contributed by atoms with Crippen LogP contribution >= 0.6 is 22.9 Å². The van der Waals surface area contributed by atoms with Gasteiger partial charge >= 0.3 is 6.03 Å². The summed E-state index contributed by atoms with van der Waals surface area (Å²) in [6.45, 7) is 2.33. The van der Waals surface area contributed by atoms with E-state index < -0.39 is 17.5 Å². The number of carbonyl (C=O) groups excluding carboxylic acids is 3. The number of Topliss-reactive ketones (excluding diaryl/α,β-unsaturated/α-hetero) is 1. The van der Waals surface area contributed by atoms with Gasteiger partial charge in [-0.05, 0) is 36.8 Å². The van der Waals surface area contributed by atoms with Crippen molar-refractivity contribution in [3.63, 3.8) is 0 Å². The molecule has 4 rings (SSSR count). The van der Waals surface area contributed by atoms with Crippen molar-refractivity contribution in [2.45, 2.75) is 18.9 Å². The van der Waals surface area contributed by atoms with Gasteiger partial charge in [-0.15, -0.1) is 11.3 Å². The zero-order valence-electron chi connectivity index (χ0n) is 15.0. The van der Waals surface area contributed by atoms with Crippen LogP contribution in [-0.4, -0.2) is 42.4 Å². The maximum Gasteiger partial charge on any atom is 0.325 e. The third kappa shape index (κ3) is 3.22. The Hall–Kier alpha value is -2.58. The second kappa shape index (κ2) is 7.10. The zero-order valence-corrected chi connectivity index (χ0v) is 16.6. The van der Waals surface area contributed by atoms with Crippen LogP contribution in [0.1, 0.15) is 28.6 Å². The van der Waals surface area contributed by atoms with Gasteiger partial charge in [0, 0.05) is 6.42 Å². The molecule has 1 aromatic heterocycles. The first kappa shape index (κ1) is 18.8. The maximum atomic E-state index is 13.0. The SMILES string of the molecule is CC1(c2ccc3c(c2)OCCCO3)NC(=O)N(CC(=O)c2ccc(Cl)s2)C1=O. The molecule has 2 aliphatic rings. The van der Waals surface area contributed by atoms with Gasteiger partial charge in [-0.3, -0.25) is 14.5 Å². The second-order valence-corrected chi connectivity index (χ2v) is 8.40. The van der Waals surface area contributed by atoms with Gasteiger partial charge in [0.1, 0.15) is 5.54 Å². The summed E-state index contributed by atoms with van der Waals surface area (Å²) in [6, 6.07) is 7.71. The number of fused-ring (bicyclic) bond motifs is 1. The number of rotatable bonds is 4. The summed E-state index contributed by atoms with van der Waals surface area (Å²) < 4.78 is 11.8. The van der Waals surface area contributed by atoms with Crippen LogP contribution in [-0.2, 0) is 10.3 Å². The number of ether oxygens (including phenoxy) is 2. The number of nitrogens with one attached hydrogen (secondary N) is 1. The predicted octanol–water partition coefficient (Wildman–Crippen LogP) is 3.21. The van der Waals surface area contributed by atoms with Crippen molar-refractivity contribution in [2.24, 2.45) is 0 Å². The van der Waals surface area contributed by atoms with Crippen molar-refractivity contribution in [1.29, 1.82) is 0 Å². The van der Waals surface area contributed by atoms with Crippen LogP contribution in [0.2, 0.25) is 4.34 Å². The number of hydrogen-bond acceptors (Lipinski definition) is 6. The van der Waals surface area contributed by atoms with Crippen LogP contribution in [0, 0.1) is 0 Å². The van der Waals surface area contributed by atoms with Gasteiger partial charge in [0.15, 0.2) is 17.3 Å². The molecule has 1 fully saturated rings. The van der Waals surface area contributed by atoms with Crippen LogP contribution in [0.25, 0.3) is 0 Å². The van der Waals surface area contributed by atoms with E-state index in [1.54, 1.807) is 37.3 Å². The Morgan fingerprint density at radius 3 is 2.68 bits per heavy atom. The molecule has 0 spiro atoms. The minimum atomic E-state index is -1.30. The molecule has 1 N–H and O–H groups in total. The standard InChI is InChI=1S/C19H17ClN2O5S/c1-19(11-3-4-13-14(9-11)27-8-2-7-26-13)17(24)22(18(25)21-19)10-12(23)15-5-6-16(20)28-15/h3-6,9H,2,7-8,10H2,1H3,(H,21,25). The van der Waals surface area contributed by atoms with Crippen molar-refractivity contribution in [3.05, 3.63) is 45.1 Å². The lowest BCUT2D eigenvalue weighted by Gasteiger charge is -2.23. The summed E-state index contributed by atoms with van der Waals surface area (Å²) in [5.74, 6) is 0.288. The van der Waals surface area contributed by atoms with Crippen molar-refractivity contribution in [1.82, 2.24) is 10.2 Å². The summed E-state index contributed by atoms with van der Waals surface area (Å²) in [6.07, 6.45) is 0.763. The fourth-order valence-corrected chi connectivity index (χ4v) is 4.17. The molecule has 9 heteroatoms. The maximum absolute atomic E-state index is 13.0. The van der Waals surface area contributed by atoms with E-state index in [4.69, 9.17) is 21.1 Å². The summed E-state index contributed by atoms with van der Waals surface area (Å²) in [5, 5.41) is 2.70. The fourth-order valence-electron chi connectivity index (χ4n) is 3.20. The average Bonchev–Trinajstić information content (AvgIpc) is 3.08. The monoisotopic (exact) mass is 420 g/mol. The van der Waals surface area contributed by atoms with Crippen molar-refractivity contribution in [2.75, 3.05) is 19.8 Å². The van der Waals surface area contributed by atoms with Crippen molar-refractivity contribution in [3.8, 4) is 11.5 Å². The highest BCUT2D eigenvalue weighted by Gasteiger charge is 2.49. The molecule has 0 saturated carbocycles. The molecule has 7 nitrogen and oxygen atoms in total. The van der Waals surface area contributed by atoms with Gasteiger partial charge in [0.05, 0.1) is 29.0 Å². The lowest BCUT2D eigenvalue weighted by atomic mass is 9.91. The summed E-state index contributed by atoms with van der Waals surface area (Å²) in [4.78, 5) is 39.2. The number of ketones is 1. The number of amides is 3. The molecule has 28 heavy (non-hydrogen) atoms. The minimum absolute atomic E-state index is 0.344. The summed E-state index contributed by atoms with van der Waals surface area (Å²) in [7, 11) is 0. The first-order valence-electron chi connectivity index (χ1n) is 8.71. The van der Waals surface area contributed by atoms with Gasteiger partial charge in [0.25, 0.3) is 5.91 Å². The Labute approximate surface area is 170 Å². The summed E-state index contributed by atoms with van der Waals surface area (Å²) >= 11 is 6.97. The minimum Gasteiger partial charge on any atom is -0.490 e. The Bertz CT molecular complexity index is 975. The molecule has 1 atom stereocenters. The van der Waals surface area contributed by atoms with E-state index in [1.807, 2.05) is 0 Å². The first-order valence-corrected chi connectivity index (χ1v) is 9.91. The third-order valence-corrected chi connectivity index (χ3v) is 6.02. The molecule has 0 bridgehead atoms. The van der Waals surface area contributed by atoms with Gasteiger partial charge in [-0.25, -0.2) is 4.79 Å². The van der Waals surface area contributed by atoms with E-state index in [0.29, 0.717) is 39.5 Å². The van der Waals surface area contributed by atoms with Crippen LogP contribution in [0.5, 0.6) is 11.5 Å². The third-order valence-electron chi connectivity index (χ3n) is 4.75. The molecule has 1 saturated heterocycles. The van der Waals surface area contributed by atoms with Gasteiger partial charge in [-0.1, -0.05) is 17.7 Å². The smallest absolute Gasteiger partial charge is 0.325 e. The van der Waals surface area contributed by atoms with Gasteiger partial charge < -0.3 is 14.8 Å². The van der Waals surface area contributed by atoms with Gasteiger partial charge in [0.2, 0.25) is 0 Å². The molecular weight excluding hydrogens is 404 g/mol. The van der Waals surface area contributed by atoms with E-state index in [2.05, 4.69) is 5.32 Å². The predicted molar refractivity (Wildman–Crippen MR) is 103 cm³/mol. The molecule has 0 aliphatic carbocycles. The van der Waals surface area contributed by atoms with Crippen LogP contribution in [0.4, 0.5) is 4.79 Å². The van der Waals surface area contributed by atoms with Crippen LogP contribution in [0.15, 0.2) is 30.3 Å². The lowest BCUT2D eigenvalue weighted by molar-refractivity contribution is -0.130. The Balaban J connectivity index is 1.59.